The van der Waals surface area contributed by atoms with Crippen molar-refractivity contribution in [2.24, 2.45) is 0 Å². The minimum Gasteiger partial charge on any atom is -0.354 e. The summed E-state index contributed by atoms with van der Waals surface area (Å²) in [6, 6.07) is 17.3. The topological polar surface area (TPSA) is 58.2 Å². The molecule has 0 saturated heterocycles. The molecule has 1 atom stereocenters. The first kappa shape index (κ1) is 16.7. The monoisotopic (exact) mass is 310 g/mol. The third kappa shape index (κ3) is 5.25. The highest BCUT2D eigenvalue weighted by Gasteiger charge is 2.10. The number of nitrogens with one attached hydrogen (secondary N) is 2. The first-order valence-electron chi connectivity index (χ1n) is 7.73. The largest absolute Gasteiger partial charge is 0.354 e. The van der Waals surface area contributed by atoms with Gasteiger partial charge in [-0.1, -0.05) is 55.0 Å². The van der Waals surface area contributed by atoms with Crippen LogP contribution in [0.5, 0.6) is 0 Å². The number of aryl methyl sites for hydroxylation is 1. The van der Waals surface area contributed by atoms with Crippen molar-refractivity contribution in [2.75, 3.05) is 13.1 Å². The lowest BCUT2D eigenvalue weighted by Crippen LogP contribution is -2.38. The fraction of sp³-hybridized carbons (Fsp3) is 0.263. The number of carbonyl (C=O) groups is 2. The quantitative estimate of drug-likeness (QED) is 0.862. The molecule has 0 aromatic heterocycles. The summed E-state index contributed by atoms with van der Waals surface area (Å²) >= 11 is 0. The predicted octanol–water partition coefficient (Wildman–Crippen LogP) is 2.64. The Morgan fingerprint density at radius 2 is 1.74 bits per heavy atom. The average molecular weight is 310 g/mol. The van der Waals surface area contributed by atoms with E-state index in [4.69, 9.17) is 0 Å². The lowest BCUT2D eigenvalue weighted by Gasteiger charge is -2.13. The molecule has 0 aliphatic heterocycles. The second-order valence-corrected chi connectivity index (χ2v) is 5.67. The highest BCUT2D eigenvalue weighted by molar-refractivity contribution is 5.96. The van der Waals surface area contributed by atoms with E-state index in [1.165, 1.54) is 5.56 Å². The van der Waals surface area contributed by atoms with Gasteiger partial charge in [0, 0.05) is 12.1 Å². The highest BCUT2D eigenvalue weighted by Crippen LogP contribution is 2.12. The lowest BCUT2D eigenvalue weighted by atomic mass is 10.0. The number of rotatable bonds is 6. The van der Waals surface area contributed by atoms with Crippen LogP contribution in [0.3, 0.4) is 0 Å². The molecule has 0 aliphatic rings. The van der Waals surface area contributed by atoms with E-state index in [-0.39, 0.29) is 24.3 Å². The molecule has 2 aromatic rings. The van der Waals surface area contributed by atoms with Crippen molar-refractivity contribution in [2.45, 2.75) is 19.8 Å². The summed E-state index contributed by atoms with van der Waals surface area (Å²) < 4.78 is 0. The van der Waals surface area contributed by atoms with E-state index in [2.05, 4.69) is 17.6 Å². The van der Waals surface area contributed by atoms with E-state index >= 15 is 0 Å². The number of benzene rings is 2. The summed E-state index contributed by atoms with van der Waals surface area (Å²) in [5.41, 5.74) is 2.76. The number of amides is 2. The molecule has 4 heteroatoms. The Bertz CT molecular complexity index is 668. The summed E-state index contributed by atoms with van der Waals surface area (Å²) in [6.07, 6.45) is 0. The molecule has 2 aromatic carbocycles. The molecular weight excluding hydrogens is 288 g/mol. The minimum absolute atomic E-state index is 0.0196. The first-order chi connectivity index (χ1) is 11.1. The maximum Gasteiger partial charge on any atom is 0.251 e. The van der Waals surface area contributed by atoms with Crippen LogP contribution in [0.15, 0.2) is 54.6 Å². The van der Waals surface area contributed by atoms with Crippen LogP contribution < -0.4 is 10.6 Å². The van der Waals surface area contributed by atoms with Gasteiger partial charge < -0.3 is 10.6 Å². The van der Waals surface area contributed by atoms with Gasteiger partial charge >= 0.3 is 0 Å². The molecule has 0 spiro atoms. The van der Waals surface area contributed by atoms with Crippen molar-refractivity contribution in [1.82, 2.24) is 10.6 Å². The van der Waals surface area contributed by atoms with Crippen molar-refractivity contribution in [1.29, 1.82) is 0 Å². The molecule has 0 bridgehead atoms. The zero-order valence-corrected chi connectivity index (χ0v) is 13.5. The number of hydrogen-bond acceptors (Lipinski definition) is 2. The maximum absolute atomic E-state index is 12.0. The Hall–Kier alpha value is -2.62. The second kappa shape index (κ2) is 8.13. The van der Waals surface area contributed by atoms with E-state index in [1.807, 2.05) is 49.4 Å². The van der Waals surface area contributed by atoms with Crippen molar-refractivity contribution in [3.05, 3.63) is 71.3 Å². The van der Waals surface area contributed by atoms with E-state index in [9.17, 15) is 9.59 Å². The number of hydrogen-bond donors (Lipinski definition) is 2. The molecule has 23 heavy (non-hydrogen) atoms. The average Bonchev–Trinajstić information content (AvgIpc) is 2.58. The number of carbonyl (C=O) groups excluding carboxylic acids is 2. The van der Waals surface area contributed by atoms with Gasteiger partial charge in [-0.15, -0.1) is 0 Å². The van der Waals surface area contributed by atoms with Crippen LogP contribution in [-0.2, 0) is 4.79 Å². The highest BCUT2D eigenvalue weighted by atomic mass is 16.2. The summed E-state index contributed by atoms with van der Waals surface area (Å²) in [7, 11) is 0. The first-order valence-corrected chi connectivity index (χ1v) is 7.73. The molecule has 0 unspecified atom stereocenters. The Labute approximate surface area is 136 Å². The lowest BCUT2D eigenvalue weighted by molar-refractivity contribution is -0.120. The van der Waals surface area contributed by atoms with Crippen LogP contribution in [0.1, 0.15) is 34.3 Å². The van der Waals surface area contributed by atoms with E-state index in [0.29, 0.717) is 12.1 Å². The summed E-state index contributed by atoms with van der Waals surface area (Å²) in [5, 5.41) is 5.48. The Morgan fingerprint density at radius 1 is 1.00 bits per heavy atom. The molecule has 2 rings (SSSR count). The second-order valence-electron chi connectivity index (χ2n) is 5.67. The van der Waals surface area contributed by atoms with Crippen LogP contribution in [-0.4, -0.2) is 24.9 Å². The van der Waals surface area contributed by atoms with E-state index in [1.54, 1.807) is 12.1 Å². The summed E-state index contributed by atoms with van der Waals surface area (Å²) in [6.45, 7) is 4.51. The minimum atomic E-state index is -0.236. The van der Waals surface area contributed by atoms with Crippen LogP contribution >= 0.6 is 0 Å². The SMILES string of the molecule is Cc1cccc(C(=O)NCC(=O)NC[C@H](C)c2ccccc2)c1. The zero-order valence-electron chi connectivity index (χ0n) is 13.5. The van der Waals surface area contributed by atoms with Gasteiger partial charge in [0.1, 0.15) is 0 Å². The molecule has 0 aliphatic carbocycles. The molecule has 4 nitrogen and oxygen atoms in total. The maximum atomic E-state index is 12.0. The Morgan fingerprint density at radius 3 is 2.43 bits per heavy atom. The van der Waals surface area contributed by atoms with Crippen LogP contribution in [0.2, 0.25) is 0 Å². The smallest absolute Gasteiger partial charge is 0.251 e. The van der Waals surface area contributed by atoms with Crippen molar-refractivity contribution >= 4 is 11.8 Å². The molecule has 120 valence electrons. The zero-order chi connectivity index (χ0) is 16.7. The van der Waals surface area contributed by atoms with Gasteiger partial charge in [-0.25, -0.2) is 0 Å². The molecule has 2 N–H and O–H groups in total. The predicted molar refractivity (Wildman–Crippen MR) is 91.4 cm³/mol. The normalized spacial score (nSPS) is 11.6. The molecule has 2 amide bonds. The van der Waals surface area contributed by atoms with Gasteiger partial charge in [-0.3, -0.25) is 9.59 Å². The van der Waals surface area contributed by atoms with E-state index in [0.717, 1.165) is 5.56 Å². The Kier molecular flexibility index (Phi) is 5.92. The van der Waals surface area contributed by atoms with Gasteiger partial charge in [-0.05, 0) is 30.5 Å². The molecule has 0 fully saturated rings. The van der Waals surface area contributed by atoms with Gasteiger partial charge in [0.2, 0.25) is 5.91 Å². The van der Waals surface area contributed by atoms with Crippen molar-refractivity contribution in [3.8, 4) is 0 Å². The van der Waals surface area contributed by atoms with Crippen LogP contribution in [0.25, 0.3) is 0 Å². The molecule has 0 saturated carbocycles. The van der Waals surface area contributed by atoms with Crippen molar-refractivity contribution in [3.63, 3.8) is 0 Å². The summed E-state index contributed by atoms with van der Waals surface area (Å²) in [4.78, 5) is 23.8. The summed E-state index contributed by atoms with van der Waals surface area (Å²) in [5.74, 6) is -0.193. The van der Waals surface area contributed by atoms with E-state index < -0.39 is 0 Å². The van der Waals surface area contributed by atoms with Crippen LogP contribution in [0, 0.1) is 6.92 Å². The van der Waals surface area contributed by atoms with Gasteiger partial charge in [-0.2, -0.15) is 0 Å². The molecule has 0 heterocycles. The third-order valence-corrected chi connectivity index (χ3v) is 3.66. The van der Waals surface area contributed by atoms with Gasteiger partial charge in [0.05, 0.1) is 6.54 Å². The standard InChI is InChI=1S/C19H22N2O2/c1-14-7-6-10-17(11-14)19(23)21-13-18(22)20-12-15(2)16-8-4-3-5-9-16/h3-11,15H,12-13H2,1-2H3,(H,20,22)(H,21,23)/t15-/m0/s1. The van der Waals surface area contributed by atoms with Gasteiger partial charge in [0.15, 0.2) is 0 Å². The fourth-order valence-corrected chi connectivity index (χ4v) is 2.28. The molecular formula is C19H22N2O2. The van der Waals surface area contributed by atoms with Crippen LogP contribution in [0.4, 0.5) is 0 Å². The van der Waals surface area contributed by atoms with Crippen molar-refractivity contribution < 1.29 is 9.59 Å². The Balaban J connectivity index is 1.76. The third-order valence-electron chi connectivity index (χ3n) is 3.66. The van der Waals surface area contributed by atoms with Gasteiger partial charge in [0.25, 0.3) is 5.91 Å². The molecule has 0 radical (unpaired) electrons. The fourth-order valence-electron chi connectivity index (χ4n) is 2.28.